The van der Waals surface area contributed by atoms with Crippen molar-refractivity contribution < 1.29 is 9.53 Å². The van der Waals surface area contributed by atoms with E-state index in [4.69, 9.17) is 0 Å². The van der Waals surface area contributed by atoms with Crippen molar-refractivity contribution in [2.24, 2.45) is 0 Å². The molecule has 0 aliphatic carbocycles. The summed E-state index contributed by atoms with van der Waals surface area (Å²) < 4.78 is 3.94. The van der Waals surface area contributed by atoms with Crippen LogP contribution in [-0.2, 0) is 9.53 Å². The summed E-state index contributed by atoms with van der Waals surface area (Å²) in [5, 5.41) is 0. The molecule has 0 atom stereocenters. The molecule has 0 unspecified atom stereocenters. The van der Waals surface area contributed by atoms with E-state index in [1.54, 1.807) is 0 Å². The Hall–Kier alpha value is -1.01. The summed E-state index contributed by atoms with van der Waals surface area (Å²) in [6.07, 6.45) is 0.787. The summed E-state index contributed by atoms with van der Waals surface area (Å²) in [4.78, 5) is 9.60. The Morgan fingerprint density at radius 2 is 2.50 bits per heavy atom. The Morgan fingerprint density at radius 1 is 2.00 bits per heavy atom. The minimum atomic E-state index is -0.641. The fourth-order valence-electron chi connectivity index (χ4n) is 0.0759. The molecular formula is C4H4O2+2. The SMILES string of the molecule is [CH+]=COC([CH2+])=O. The van der Waals surface area contributed by atoms with Crippen molar-refractivity contribution in [1.82, 2.24) is 0 Å². The maximum absolute atomic E-state index is 9.60. The normalized spacial score (nSPS) is 6.50. The Balaban J connectivity index is 3.05. The summed E-state index contributed by atoms with van der Waals surface area (Å²) in [5.74, 6) is -0.641. The second kappa shape index (κ2) is 2.24. The number of esters is 1. The van der Waals surface area contributed by atoms with E-state index in [1.807, 2.05) is 0 Å². The minimum Gasteiger partial charge on any atom is -0.349 e. The van der Waals surface area contributed by atoms with Crippen molar-refractivity contribution in [3.05, 3.63) is 19.8 Å². The van der Waals surface area contributed by atoms with Gasteiger partial charge in [0.2, 0.25) is 6.58 Å². The van der Waals surface area contributed by atoms with Crippen molar-refractivity contribution in [2.45, 2.75) is 0 Å². The Morgan fingerprint density at radius 3 is 2.50 bits per heavy atom. The molecule has 0 saturated heterocycles. The van der Waals surface area contributed by atoms with Crippen molar-refractivity contribution in [3.8, 4) is 0 Å². The molecule has 2 nitrogen and oxygen atoms in total. The van der Waals surface area contributed by atoms with E-state index in [-0.39, 0.29) is 0 Å². The monoisotopic (exact) mass is 84.0 g/mol. The molecule has 0 aromatic rings. The highest BCUT2D eigenvalue weighted by Crippen LogP contribution is 1.69. The Kier molecular flexibility index (Phi) is 1.86. The molecule has 0 aliphatic rings. The molecule has 0 amide bonds. The molecule has 0 heterocycles. The van der Waals surface area contributed by atoms with E-state index in [2.05, 4.69) is 18.2 Å². The van der Waals surface area contributed by atoms with Gasteiger partial charge < -0.3 is 4.74 Å². The topological polar surface area (TPSA) is 26.3 Å². The summed E-state index contributed by atoms with van der Waals surface area (Å²) in [7, 11) is 0. The van der Waals surface area contributed by atoms with E-state index < -0.39 is 5.97 Å². The summed E-state index contributed by atoms with van der Waals surface area (Å²) in [5.41, 5.74) is 0. The fourth-order valence-corrected chi connectivity index (χ4v) is 0.0759. The Bertz CT molecular complexity index is 65.9. The Labute approximate surface area is 36.4 Å². The number of rotatable bonds is 1. The highest BCUT2D eigenvalue weighted by molar-refractivity contribution is 5.74. The molecule has 0 aromatic carbocycles. The third-order valence-corrected chi connectivity index (χ3v) is 0.199. The lowest BCUT2D eigenvalue weighted by Crippen LogP contribution is -1.88. The van der Waals surface area contributed by atoms with Gasteiger partial charge in [0.15, 0.2) is 6.92 Å². The van der Waals surface area contributed by atoms with Gasteiger partial charge in [0.05, 0.1) is 0 Å². The lowest BCUT2D eigenvalue weighted by atomic mass is 10.8. The third-order valence-electron chi connectivity index (χ3n) is 0.199. The first-order chi connectivity index (χ1) is 2.77. The van der Waals surface area contributed by atoms with Gasteiger partial charge in [-0.3, -0.25) is 0 Å². The first kappa shape index (κ1) is 4.99. The van der Waals surface area contributed by atoms with E-state index in [1.165, 1.54) is 0 Å². The molecule has 0 saturated carbocycles. The molecule has 0 bridgehead atoms. The number of ether oxygens (including phenoxy) is 1. The highest BCUT2D eigenvalue weighted by atomic mass is 16.5. The second-order valence-corrected chi connectivity index (χ2v) is 0.626. The van der Waals surface area contributed by atoms with Crippen LogP contribution < -0.4 is 0 Å². The molecule has 30 valence electrons. The van der Waals surface area contributed by atoms with Gasteiger partial charge in [-0.2, -0.15) is 4.79 Å². The predicted octanol–water partition coefficient (Wildman–Crippen LogP) is 0.310. The largest absolute Gasteiger partial charge is 0.501 e. The van der Waals surface area contributed by atoms with Gasteiger partial charge in [-0.1, -0.05) is 0 Å². The zero-order valence-corrected chi connectivity index (χ0v) is 3.18. The maximum Gasteiger partial charge on any atom is 0.501 e. The van der Waals surface area contributed by atoms with Gasteiger partial charge in [0.25, 0.3) is 0 Å². The average molecular weight is 84.1 g/mol. The molecule has 0 radical (unpaired) electrons. The minimum absolute atomic E-state index is 0.641. The third kappa shape index (κ3) is 2.99. The molecule has 0 aliphatic heterocycles. The van der Waals surface area contributed by atoms with Crippen LogP contribution in [0.1, 0.15) is 0 Å². The van der Waals surface area contributed by atoms with E-state index in [0.717, 1.165) is 6.26 Å². The maximum atomic E-state index is 9.60. The highest BCUT2D eigenvalue weighted by Gasteiger charge is 1.95. The van der Waals surface area contributed by atoms with Crippen molar-refractivity contribution in [3.63, 3.8) is 0 Å². The summed E-state index contributed by atoms with van der Waals surface area (Å²) >= 11 is 0. The lowest BCUT2D eigenvalue weighted by Gasteiger charge is -1.68. The van der Waals surface area contributed by atoms with E-state index >= 15 is 0 Å². The van der Waals surface area contributed by atoms with Crippen molar-refractivity contribution in [1.29, 1.82) is 0 Å². The molecule has 6 heavy (non-hydrogen) atoms. The van der Waals surface area contributed by atoms with Crippen LogP contribution in [0.15, 0.2) is 6.26 Å². The van der Waals surface area contributed by atoms with Gasteiger partial charge in [-0.05, 0) is 0 Å². The molecule has 0 N–H and O–H groups in total. The zero-order chi connectivity index (χ0) is 4.99. The summed E-state index contributed by atoms with van der Waals surface area (Å²) in [6, 6.07) is 0. The predicted molar refractivity (Wildman–Crippen MR) is 20.3 cm³/mol. The molecule has 0 aromatic heterocycles. The molecule has 0 rings (SSSR count). The van der Waals surface area contributed by atoms with Crippen LogP contribution in [0.25, 0.3) is 0 Å². The molecule has 0 spiro atoms. The summed E-state index contributed by atoms with van der Waals surface area (Å²) in [6.45, 7) is 7.48. The van der Waals surface area contributed by atoms with Gasteiger partial charge in [0, 0.05) is 0 Å². The van der Waals surface area contributed by atoms with Crippen molar-refractivity contribution in [2.75, 3.05) is 0 Å². The van der Waals surface area contributed by atoms with Crippen LogP contribution >= 0.6 is 0 Å². The van der Waals surface area contributed by atoms with Crippen molar-refractivity contribution >= 4 is 5.97 Å². The van der Waals surface area contributed by atoms with E-state index in [0.29, 0.717) is 0 Å². The van der Waals surface area contributed by atoms with Gasteiger partial charge in [-0.15, -0.1) is 0 Å². The van der Waals surface area contributed by atoms with Crippen LogP contribution in [0.5, 0.6) is 0 Å². The smallest absolute Gasteiger partial charge is 0.349 e. The number of carbonyl (C=O) groups excluding carboxylic acids is 1. The standard InChI is InChI=1S/C4H4O2/c1-3-6-4(2)5/h1,3H,2H2/q+2. The fraction of sp³-hybridized carbons (Fsp3) is 0. The quantitative estimate of drug-likeness (QED) is 0.259. The number of hydrogen-bond donors (Lipinski definition) is 0. The average Bonchev–Trinajstić information content (AvgIpc) is 1.35. The molecule has 0 fully saturated rings. The van der Waals surface area contributed by atoms with Gasteiger partial charge in [-0.25, -0.2) is 0 Å². The second-order valence-electron chi connectivity index (χ2n) is 0.626. The first-order valence-corrected chi connectivity index (χ1v) is 1.33. The molecule has 2 heteroatoms. The van der Waals surface area contributed by atoms with Gasteiger partial charge in [0.1, 0.15) is 0 Å². The van der Waals surface area contributed by atoms with Crippen LogP contribution in [0.2, 0.25) is 0 Å². The van der Waals surface area contributed by atoms with Gasteiger partial charge >= 0.3 is 12.2 Å². The van der Waals surface area contributed by atoms with Crippen LogP contribution in [-0.4, -0.2) is 5.97 Å². The van der Waals surface area contributed by atoms with Crippen LogP contribution in [0.3, 0.4) is 0 Å². The zero-order valence-electron chi connectivity index (χ0n) is 3.18. The first-order valence-electron chi connectivity index (χ1n) is 1.33. The molecular weight excluding hydrogens is 80.0 g/mol. The number of carbonyl (C=O) groups is 1. The van der Waals surface area contributed by atoms with E-state index in [9.17, 15) is 4.79 Å². The number of hydrogen-bond acceptors (Lipinski definition) is 2. The lowest BCUT2D eigenvalue weighted by molar-refractivity contribution is -0.132. The van der Waals surface area contributed by atoms with Crippen LogP contribution in [0, 0.1) is 13.5 Å². The van der Waals surface area contributed by atoms with Crippen LogP contribution in [0.4, 0.5) is 0 Å².